The zero-order valence-corrected chi connectivity index (χ0v) is 14.0. The van der Waals surface area contributed by atoms with Crippen molar-refractivity contribution in [2.45, 2.75) is 25.3 Å². The molecule has 0 aromatic heterocycles. The third kappa shape index (κ3) is 4.57. The van der Waals surface area contributed by atoms with Crippen molar-refractivity contribution in [3.63, 3.8) is 0 Å². The maximum absolute atomic E-state index is 8.99. The topological polar surface area (TPSA) is 26.7 Å². The van der Waals surface area contributed by atoms with Crippen LogP contribution in [0.5, 0.6) is 0 Å². The van der Waals surface area contributed by atoms with Crippen molar-refractivity contribution >= 4 is 24.8 Å². The highest BCUT2D eigenvalue weighted by atomic mass is 35.5. The molecule has 21 heavy (non-hydrogen) atoms. The molecule has 2 aliphatic rings. The molecule has 5 heteroatoms. The van der Waals surface area contributed by atoms with Crippen molar-refractivity contribution in [2.75, 3.05) is 39.3 Å². The molecular weight excluding hydrogens is 307 g/mol. The third-order valence-corrected chi connectivity index (χ3v) is 4.66. The molecule has 0 bridgehead atoms. The van der Waals surface area contributed by atoms with E-state index >= 15 is 0 Å². The van der Waals surface area contributed by atoms with E-state index in [2.05, 4.69) is 34.1 Å². The first-order valence-corrected chi connectivity index (χ1v) is 7.51. The second-order valence-electron chi connectivity index (χ2n) is 5.77. The minimum atomic E-state index is 0. The molecule has 1 atom stereocenters. The van der Waals surface area contributed by atoms with Crippen molar-refractivity contribution < 1.29 is 5.11 Å². The van der Waals surface area contributed by atoms with Crippen molar-refractivity contribution in [3.8, 4) is 0 Å². The van der Waals surface area contributed by atoms with Crippen LogP contribution >= 0.6 is 24.8 Å². The summed E-state index contributed by atoms with van der Waals surface area (Å²) in [5.74, 6) is 0. The maximum atomic E-state index is 8.99. The van der Waals surface area contributed by atoms with Crippen LogP contribution < -0.4 is 0 Å². The average Bonchev–Trinajstić information content (AvgIpc) is 2.48. The van der Waals surface area contributed by atoms with Gasteiger partial charge in [0, 0.05) is 38.8 Å². The highest BCUT2D eigenvalue weighted by molar-refractivity contribution is 5.85. The number of halogens is 2. The summed E-state index contributed by atoms with van der Waals surface area (Å²) >= 11 is 0. The van der Waals surface area contributed by atoms with Gasteiger partial charge in [-0.25, -0.2) is 0 Å². The number of nitrogens with zero attached hydrogens (tertiary/aromatic N) is 2. The second-order valence-corrected chi connectivity index (χ2v) is 5.77. The Balaban J connectivity index is 0.00000110. The number of benzene rings is 1. The summed E-state index contributed by atoms with van der Waals surface area (Å²) in [6, 6.07) is 9.63. The van der Waals surface area contributed by atoms with Crippen LogP contribution in [0.1, 0.15) is 17.5 Å². The van der Waals surface area contributed by atoms with E-state index in [4.69, 9.17) is 5.11 Å². The quantitative estimate of drug-likeness (QED) is 0.917. The van der Waals surface area contributed by atoms with Gasteiger partial charge in [-0.15, -0.1) is 24.8 Å². The number of fused-ring (bicyclic) bond motifs is 1. The lowest BCUT2D eigenvalue weighted by Gasteiger charge is -2.41. The van der Waals surface area contributed by atoms with Crippen LogP contribution in [0.15, 0.2) is 24.3 Å². The standard InChI is InChI=1S/C16H24N2O.2ClH/c19-12-11-17-7-9-18(10-8-17)16-6-5-14-3-1-2-4-15(14)13-16;;/h1-4,16,19H,5-13H2;2*1H. The van der Waals surface area contributed by atoms with E-state index in [1.54, 1.807) is 11.1 Å². The van der Waals surface area contributed by atoms with E-state index in [9.17, 15) is 0 Å². The number of rotatable bonds is 3. The fourth-order valence-corrected chi connectivity index (χ4v) is 3.48. The minimum Gasteiger partial charge on any atom is -0.395 e. The molecular formula is C16H26Cl2N2O. The van der Waals surface area contributed by atoms with Gasteiger partial charge in [-0.3, -0.25) is 9.80 Å². The van der Waals surface area contributed by atoms with Gasteiger partial charge in [-0.1, -0.05) is 24.3 Å². The Labute approximate surface area is 140 Å². The lowest BCUT2D eigenvalue weighted by Crippen LogP contribution is -2.52. The Morgan fingerprint density at radius 2 is 1.67 bits per heavy atom. The zero-order chi connectivity index (χ0) is 13.1. The summed E-state index contributed by atoms with van der Waals surface area (Å²) in [6.07, 6.45) is 3.75. The van der Waals surface area contributed by atoms with Gasteiger partial charge >= 0.3 is 0 Å². The van der Waals surface area contributed by atoms with Crippen molar-refractivity contribution in [3.05, 3.63) is 35.4 Å². The Bertz CT molecular complexity index is 422. The molecule has 0 spiro atoms. The molecule has 1 heterocycles. The number of β-amino-alcohol motifs (C(OH)–C–C–N with tert-alkyl or cyclic N) is 1. The SMILES string of the molecule is Cl.Cl.OCCN1CCN(C2CCc3ccccc3C2)CC1. The summed E-state index contributed by atoms with van der Waals surface area (Å²) in [7, 11) is 0. The summed E-state index contributed by atoms with van der Waals surface area (Å²) in [6.45, 7) is 5.66. The van der Waals surface area contributed by atoms with Gasteiger partial charge in [0.25, 0.3) is 0 Å². The van der Waals surface area contributed by atoms with E-state index in [-0.39, 0.29) is 31.4 Å². The minimum absolute atomic E-state index is 0. The molecule has 1 aromatic carbocycles. The Kier molecular flexibility index (Phi) is 7.99. The number of hydrogen-bond donors (Lipinski definition) is 1. The summed E-state index contributed by atoms with van der Waals surface area (Å²) < 4.78 is 0. The van der Waals surface area contributed by atoms with Crippen molar-refractivity contribution in [1.82, 2.24) is 9.80 Å². The monoisotopic (exact) mass is 332 g/mol. The first-order valence-electron chi connectivity index (χ1n) is 7.51. The van der Waals surface area contributed by atoms with E-state index < -0.39 is 0 Å². The Morgan fingerprint density at radius 3 is 2.33 bits per heavy atom. The molecule has 0 saturated carbocycles. The highest BCUT2D eigenvalue weighted by Crippen LogP contribution is 2.25. The smallest absolute Gasteiger partial charge is 0.0558 e. The normalized spacial score (nSPS) is 22.8. The van der Waals surface area contributed by atoms with E-state index in [1.807, 2.05) is 0 Å². The molecule has 1 N–H and O–H groups in total. The predicted molar refractivity (Wildman–Crippen MR) is 91.8 cm³/mol. The van der Waals surface area contributed by atoms with Crippen molar-refractivity contribution in [2.24, 2.45) is 0 Å². The summed E-state index contributed by atoms with van der Waals surface area (Å²) in [5.41, 5.74) is 3.11. The van der Waals surface area contributed by atoms with Crippen LogP contribution in [0.4, 0.5) is 0 Å². The van der Waals surface area contributed by atoms with E-state index in [1.165, 1.54) is 19.3 Å². The van der Waals surface area contributed by atoms with Gasteiger partial charge in [0.2, 0.25) is 0 Å². The number of aryl methyl sites for hydroxylation is 1. The average molecular weight is 333 g/mol. The van der Waals surface area contributed by atoms with Crippen LogP contribution in [0.25, 0.3) is 0 Å². The molecule has 1 unspecified atom stereocenters. The molecule has 1 fully saturated rings. The van der Waals surface area contributed by atoms with Gasteiger partial charge in [0.15, 0.2) is 0 Å². The van der Waals surface area contributed by atoms with Gasteiger partial charge in [-0.05, 0) is 30.4 Å². The largest absolute Gasteiger partial charge is 0.395 e. The van der Waals surface area contributed by atoms with Gasteiger partial charge in [0.1, 0.15) is 0 Å². The maximum Gasteiger partial charge on any atom is 0.0558 e. The highest BCUT2D eigenvalue weighted by Gasteiger charge is 2.26. The van der Waals surface area contributed by atoms with Crippen LogP contribution in [0.2, 0.25) is 0 Å². The number of aliphatic hydroxyl groups is 1. The second kappa shape index (κ2) is 8.96. The fourth-order valence-electron chi connectivity index (χ4n) is 3.48. The molecule has 1 aliphatic carbocycles. The molecule has 0 amide bonds. The first kappa shape index (κ1) is 18.7. The molecule has 0 radical (unpaired) electrons. The fraction of sp³-hybridized carbons (Fsp3) is 0.625. The van der Waals surface area contributed by atoms with Crippen LogP contribution in [0, 0.1) is 0 Å². The molecule has 3 rings (SSSR count). The Hall–Kier alpha value is -0.320. The van der Waals surface area contributed by atoms with E-state index in [0.717, 1.165) is 38.8 Å². The molecule has 120 valence electrons. The molecule has 3 nitrogen and oxygen atoms in total. The van der Waals surface area contributed by atoms with Crippen LogP contribution in [0.3, 0.4) is 0 Å². The molecule has 1 aliphatic heterocycles. The van der Waals surface area contributed by atoms with Crippen LogP contribution in [-0.2, 0) is 12.8 Å². The lowest BCUT2D eigenvalue weighted by molar-refractivity contribution is 0.0785. The zero-order valence-electron chi connectivity index (χ0n) is 12.4. The van der Waals surface area contributed by atoms with Gasteiger partial charge in [-0.2, -0.15) is 0 Å². The number of piperazine rings is 1. The molecule has 1 aromatic rings. The summed E-state index contributed by atoms with van der Waals surface area (Å²) in [4.78, 5) is 5.02. The summed E-state index contributed by atoms with van der Waals surface area (Å²) in [5, 5.41) is 8.99. The molecule has 1 saturated heterocycles. The van der Waals surface area contributed by atoms with Gasteiger partial charge < -0.3 is 5.11 Å². The Morgan fingerprint density at radius 1 is 1.00 bits per heavy atom. The van der Waals surface area contributed by atoms with Gasteiger partial charge in [0.05, 0.1) is 6.61 Å². The number of aliphatic hydroxyl groups excluding tert-OH is 1. The van der Waals surface area contributed by atoms with E-state index in [0.29, 0.717) is 0 Å². The van der Waals surface area contributed by atoms with Crippen molar-refractivity contribution in [1.29, 1.82) is 0 Å². The first-order chi connectivity index (χ1) is 9.36. The number of hydrogen-bond acceptors (Lipinski definition) is 3. The van der Waals surface area contributed by atoms with Crippen LogP contribution in [-0.4, -0.2) is 60.3 Å². The predicted octanol–water partition coefficient (Wildman–Crippen LogP) is 2.00. The third-order valence-electron chi connectivity index (χ3n) is 4.66. The lowest BCUT2D eigenvalue weighted by atomic mass is 9.87.